The van der Waals surface area contributed by atoms with Crippen molar-refractivity contribution in [3.63, 3.8) is 0 Å². The zero-order valence-corrected chi connectivity index (χ0v) is 37.1. The number of hydrogen-bond donors (Lipinski definition) is 7. The summed E-state index contributed by atoms with van der Waals surface area (Å²) < 4.78 is 26.7. The first-order chi connectivity index (χ1) is 31.3. The van der Waals surface area contributed by atoms with Crippen LogP contribution in [0, 0.1) is 52.9 Å². The Labute approximate surface area is 381 Å². The molecule has 13 unspecified atom stereocenters. The maximum Gasteiger partial charge on any atom is 0.335 e. The van der Waals surface area contributed by atoms with Crippen molar-refractivity contribution in [3.05, 3.63) is 101 Å². The molecule has 14 nitrogen and oxygen atoms in total. The first kappa shape index (κ1) is 48.2. The Morgan fingerprint density at radius 2 is 1.89 bits per heavy atom. The van der Waals surface area contributed by atoms with Crippen LogP contribution in [0.15, 0.2) is 73.6 Å². The highest BCUT2D eigenvalue weighted by molar-refractivity contribution is 5.87. The summed E-state index contributed by atoms with van der Waals surface area (Å²) >= 11 is 0. The van der Waals surface area contributed by atoms with E-state index in [0.717, 1.165) is 23.1 Å². The largest absolute Gasteiger partial charge is 0.478 e. The van der Waals surface area contributed by atoms with E-state index >= 15 is 0 Å². The molecule has 0 radical (unpaired) electrons. The predicted octanol–water partition coefficient (Wildman–Crippen LogP) is 4.54. The number of ether oxygens (including phenoxy) is 4. The number of allylic oxidation sites excluding steroid dienone is 1. The summed E-state index contributed by atoms with van der Waals surface area (Å²) in [5, 5.41) is 89.6. The predicted molar refractivity (Wildman–Crippen MR) is 238 cm³/mol. The van der Waals surface area contributed by atoms with Gasteiger partial charge in [-0.1, -0.05) is 30.2 Å². The molecule has 1 aromatic heterocycles. The summed E-state index contributed by atoms with van der Waals surface area (Å²) in [5.41, 5.74) is 0.352. The molecule has 2 aliphatic carbocycles. The van der Waals surface area contributed by atoms with Gasteiger partial charge in [0, 0.05) is 45.0 Å². The molecule has 2 bridgehead atoms. The van der Waals surface area contributed by atoms with Crippen LogP contribution in [-0.4, -0.2) is 115 Å². The molecule has 1 saturated heterocycles. The van der Waals surface area contributed by atoms with E-state index in [1.54, 1.807) is 37.6 Å². The van der Waals surface area contributed by atoms with Crippen molar-refractivity contribution in [3.8, 4) is 23.8 Å². The number of aliphatic hydroxyl groups is 6. The average Bonchev–Trinajstić information content (AvgIpc) is 3.88. The number of hydrogen-bond acceptors (Lipinski definition) is 12. The summed E-state index contributed by atoms with van der Waals surface area (Å²) in [6, 6.07) is 16.3. The van der Waals surface area contributed by atoms with Gasteiger partial charge in [0.25, 0.3) is 0 Å². The van der Waals surface area contributed by atoms with Crippen molar-refractivity contribution >= 4 is 5.97 Å². The van der Waals surface area contributed by atoms with Crippen molar-refractivity contribution in [2.75, 3.05) is 20.3 Å². The van der Waals surface area contributed by atoms with Gasteiger partial charge < -0.3 is 59.3 Å². The van der Waals surface area contributed by atoms with Crippen LogP contribution in [0.3, 0.4) is 0 Å². The summed E-state index contributed by atoms with van der Waals surface area (Å²) in [5.74, 6) is 1.37. The topological polar surface area (TPSA) is 224 Å². The molecule has 8 rings (SSSR count). The molecule has 14 heteroatoms. The third-order valence-electron chi connectivity index (χ3n) is 14.4. The molecular weight excluding hydrogens is 833 g/mol. The van der Waals surface area contributed by atoms with Gasteiger partial charge in [0.2, 0.25) is 6.29 Å². The first-order valence-electron chi connectivity index (χ1n) is 22.9. The smallest absolute Gasteiger partial charge is 0.335 e. The van der Waals surface area contributed by atoms with Gasteiger partial charge >= 0.3 is 5.97 Å². The molecule has 5 aliphatic rings. The highest BCUT2D eigenvalue weighted by atomic mass is 16.7. The fourth-order valence-corrected chi connectivity index (χ4v) is 11.2. The molecular formula is C51H64N2O12. The third kappa shape index (κ3) is 11.1. The number of methoxy groups -OCH3 is 1. The molecule has 2 saturated carbocycles. The Hall–Kier alpha value is -4.74. The number of rotatable bonds is 17. The standard InChI is InChI=1S/C51H64N2O12/c1-3-6-36-14-16-41(24-39(36)22-35(31-62-2)30-53-18-17-33(28-52)29-53)64-49-51(61)27-42(43(55)7-5-20-63-44(8-4-19-54)46(65-49)45(56)47(51)57)38-13-15-40-23-34(25-50(40,60)26-38)21-32-9-11-37(12-10-32)48(58)59/h3,9-12,14,16-18,24,29,34-35,38,40,42-47,49,54-57,60-61H,1,4,6-8,13,15,19,21-23,25-27,30-31H2,2H3,(H,58,59). The maximum atomic E-state index is 12.9. The minimum absolute atomic E-state index is 0.00859. The van der Waals surface area contributed by atoms with Crippen LogP contribution in [0.1, 0.15) is 90.4 Å². The molecule has 7 N–H and O–H groups in total. The first-order valence-corrected chi connectivity index (χ1v) is 22.9. The van der Waals surface area contributed by atoms with Crippen molar-refractivity contribution in [2.24, 2.45) is 29.6 Å². The van der Waals surface area contributed by atoms with E-state index in [9.17, 15) is 45.8 Å². The Kier molecular flexibility index (Phi) is 15.8. The Morgan fingerprint density at radius 3 is 2.60 bits per heavy atom. The van der Waals surface area contributed by atoms with Crippen molar-refractivity contribution in [1.82, 2.24) is 4.57 Å². The normalized spacial score (nSPS) is 32.6. The highest BCUT2D eigenvalue weighted by Gasteiger charge is 2.60. The van der Waals surface area contributed by atoms with Crippen LogP contribution in [-0.2, 0) is 40.0 Å². The zero-order valence-electron chi connectivity index (χ0n) is 37.1. The number of aromatic carboxylic acids is 1. The van der Waals surface area contributed by atoms with Crippen LogP contribution in [0.25, 0.3) is 0 Å². The van der Waals surface area contributed by atoms with Gasteiger partial charge in [-0.25, -0.2) is 4.79 Å². The summed E-state index contributed by atoms with van der Waals surface area (Å²) in [6.45, 7) is 4.78. The minimum Gasteiger partial charge on any atom is -0.478 e. The number of nitriles is 1. The number of carboxylic acids is 1. The zero-order chi connectivity index (χ0) is 46.3. The fraction of sp³-hybridized carbons (Fsp3) is 0.569. The van der Waals surface area contributed by atoms with Crippen LogP contribution in [0.2, 0.25) is 0 Å². The van der Waals surface area contributed by atoms with Gasteiger partial charge in [-0.05, 0) is 141 Å². The number of fused-ring (bicyclic) bond motifs is 9. The van der Waals surface area contributed by atoms with Gasteiger partial charge in [-0.15, -0.1) is 6.58 Å². The highest BCUT2D eigenvalue weighted by Crippen LogP contribution is 2.54. The van der Waals surface area contributed by atoms with Crippen molar-refractivity contribution < 1.29 is 59.5 Å². The van der Waals surface area contributed by atoms with E-state index in [0.29, 0.717) is 69.4 Å². The molecule has 3 fully saturated rings. The maximum absolute atomic E-state index is 12.9. The minimum atomic E-state index is -2.28. The lowest BCUT2D eigenvalue weighted by Crippen LogP contribution is -2.70. The monoisotopic (exact) mass is 896 g/mol. The quantitative estimate of drug-likeness (QED) is 0.0732. The number of carbonyl (C=O) groups is 1. The average molecular weight is 897 g/mol. The summed E-state index contributed by atoms with van der Waals surface area (Å²) in [6.07, 6.45) is 4.74. The number of aliphatic hydroxyl groups excluding tert-OH is 4. The number of benzene rings is 2. The Bertz CT molecular complexity index is 2190. The lowest BCUT2D eigenvalue weighted by Gasteiger charge is -2.52. The molecule has 3 aromatic rings. The summed E-state index contributed by atoms with van der Waals surface area (Å²) in [4.78, 5) is 11.4. The summed E-state index contributed by atoms with van der Waals surface area (Å²) in [7, 11) is 1.64. The number of nitrogens with zero attached hydrogens (tertiary/aromatic N) is 2. The Balaban J connectivity index is 1.18. The molecule has 350 valence electrons. The van der Waals surface area contributed by atoms with E-state index in [2.05, 4.69) is 24.7 Å². The van der Waals surface area contributed by atoms with E-state index in [1.165, 1.54) is 0 Å². The second-order valence-corrected chi connectivity index (χ2v) is 18.9. The van der Waals surface area contributed by atoms with Crippen LogP contribution >= 0.6 is 0 Å². The second kappa shape index (κ2) is 21.3. The van der Waals surface area contributed by atoms with Gasteiger partial charge in [0.05, 0.1) is 29.4 Å². The van der Waals surface area contributed by atoms with E-state index in [1.807, 2.05) is 41.1 Å². The lowest BCUT2D eigenvalue weighted by molar-refractivity contribution is -0.334. The SMILES string of the molecule is C=CCc1ccc(OC2OC3C(CCCO)OC#CCC(O)C(C4CCC5CC(Cc6ccc(C(=O)O)cc6)CC5(O)C4)CC2(O)C(O)C3O)cc1CC(COC)Cn1ccc(C#N)c1. The van der Waals surface area contributed by atoms with Crippen LogP contribution in [0.5, 0.6) is 5.75 Å². The van der Waals surface area contributed by atoms with E-state index < -0.39 is 59.9 Å². The van der Waals surface area contributed by atoms with Crippen molar-refractivity contribution in [1.29, 1.82) is 5.26 Å². The molecule has 0 amide bonds. The van der Waals surface area contributed by atoms with Gasteiger partial charge in [-0.2, -0.15) is 5.26 Å². The van der Waals surface area contributed by atoms with Crippen molar-refractivity contribution in [2.45, 2.75) is 132 Å². The molecule has 3 aliphatic heterocycles. The second-order valence-electron chi connectivity index (χ2n) is 18.9. The van der Waals surface area contributed by atoms with Crippen LogP contribution < -0.4 is 4.74 Å². The molecule has 65 heavy (non-hydrogen) atoms. The van der Waals surface area contributed by atoms with Gasteiger partial charge in [-0.3, -0.25) is 0 Å². The molecule has 0 spiro atoms. The van der Waals surface area contributed by atoms with E-state index in [-0.39, 0.29) is 61.5 Å². The number of carboxylic acid groups (broad SMARTS) is 1. The Morgan fingerprint density at radius 1 is 1.09 bits per heavy atom. The van der Waals surface area contributed by atoms with Crippen LogP contribution in [0.4, 0.5) is 0 Å². The van der Waals surface area contributed by atoms with Gasteiger partial charge in [0.1, 0.15) is 42.3 Å². The van der Waals surface area contributed by atoms with Gasteiger partial charge in [0.15, 0.2) is 5.60 Å². The number of aromatic nitrogens is 1. The fourth-order valence-electron chi connectivity index (χ4n) is 11.2. The van der Waals surface area contributed by atoms with E-state index in [4.69, 9.17) is 18.9 Å². The molecule has 13 atom stereocenters. The molecule has 2 aromatic carbocycles. The third-order valence-corrected chi connectivity index (χ3v) is 14.4. The lowest BCUT2D eigenvalue weighted by atomic mass is 9.64. The molecule has 4 heterocycles.